The van der Waals surface area contributed by atoms with Crippen molar-refractivity contribution in [3.63, 3.8) is 0 Å². The first-order chi connectivity index (χ1) is 10.3. The summed E-state index contributed by atoms with van der Waals surface area (Å²) in [5.74, 6) is 1.68. The van der Waals surface area contributed by atoms with Gasteiger partial charge in [0.05, 0.1) is 18.8 Å². The normalized spacial score (nSPS) is 12.3. The summed E-state index contributed by atoms with van der Waals surface area (Å²) in [6, 6.07) is 7.86. The fraction of sp³-hybridized carbons (Fsp3) is 0.471. The summed E-state index contributed by atoms with van der Waals surface area (Å²) in [6.07, 6.45) is 7.78. The number of hydrogen-bond acceptors (Lipinski definition) is 3. The number of rotatable bonds is 8. The average Bonchev–Trinajstić information content (AvgIpc) is 3.01. The minimum absolute atomic E-state index is 0.0229. The molecule has 1 heterocycles. The topological polar surface area (TPSA) is 63.9 Å². The van der Waals surface area contributed by atoms with Crippen LogP contribution in [0.5, 0.6) is 5.75 Å². The van der Waals surface area contributed by atoms with Gasteiger partial charge < -0.3 is 15.5 Å². The summed E-state index contributed by atoms with van der Waals surface area (Å²) >= 11 is 0. The lowest BCUT2D eigenvalue weighted by Crippen LogP contribution is -2.11. The molecule has 0 aliphatic heterocycles. The van der Waals surface area contributed by atoms with Crippen LogP contribution in [0.2, 0.25) is 0 Å². The summed E-state index contributed by atoms with van der Waals surface area (Å²) in [5.41, 5.74) is 8.08. The number of benzene rings is 1. The van der Waals surface area contributed by atoms with Crippen LogP contribution in [0, 0.1) is 0 Å². The second-order valence-corrected chi connectivity index (χ2v) is 5.33. The quantitative estimate of drug-likeness (QED) is 0.720. The Morgan fingerprint density at radius 2 is 2.05 bits per heavy atom. The average molecular weight is 287 g/mol. The van der Waals surface area contributed by atoms with E-state index in [9.17, 15) is 0 Å². The molecule has 2 aromatic rings. The standard InChI is InChI=1S/C17H25N3O/c1-3-4-5-6-10-14(18)17-19-12-15(20-17)13-9-7-8-11-16(13)21-2/h7-9,11-12,14H,3-6,10,18H2,1-2H3,(H,19,20)/t14-/m0/s1. The van der Waals surface area contributed by atoms with Crippen molar-refractivity contribution in [1.29, 1.82) is 0 Å². The number of nitrogens with one attached hydrogen (secondary N) is 1. The van der Waals surface area contributed by atoms with Gasteiger partial charge in [-0.25, -0.2) is 4.98 Å². The number of aromatic amines is 1. The van der Waals surface area contributed by atoms with Crippen LogP contribution in [-0.4, -0.2) is 17.1 Å². The van der Waals surface area contributed by atoms with Gasteiger partial charge in [-0.3, -0.25) is 0 Å². The first-order valence-corrected chi connectivity index (χ1v) is 7.70. The number of aromatic nitrogens is 2. The Bertz CT molecular complexity index is 550. The molecule has 0 amide bonds. The molecule has 0 saturated carbocycles. The zero-order valence-corrected chi connectivity index (χ0v) is 12.9. The van der Waals surface area contributed by atoms with E-state index in [1.165, 1.54) is 19.3 Å². The number of para-hydroxylation sites is 1. The van der Waals surface area contributed by atoms with E-state index in [2.05, 4.69) is 16.9 Å². The lowest BCUT2D eigenvalue weighted by molar-refractivity contribution is 0.416. The first kappa shape index (κ1) is 15.6. The van der Waals surface area contributed by atoms with Gasteiger partial charge in [0.2, 0.25) is 0 Å². The summed E-state index contributed by atoms with van der Waals surface area (Å²) < 4.78 is 5.38. The van der Waals surface area contributed by atoms with E-state index >= 15 is 0 Å². The number of ether oxygens (including phenoxy) is 1. The number of unbranched alkanes of at least 4 members (excludes halogenated alkanes) is 3. The second-order valence-electron chi connectivity index (χ2n) is 5.33. The summed E-state index contributed by atoms with van der Waals surface area (Å²) in [5, 5.41) is 0. The van der Waals surface area contributed by atoms with E-state index < -0.39 is 0 Å². The maximum atomic E-state index is 6.21. The zero-order chi connectivity index (χ0) is 15.1. The van der Waals surface area contributed by atoms with Crippen LogP contribution in [0.4, 0.5) is 0 Å². The Kier molecular flexibility index (Phi) is 5.81. The van der Waals surface area contributed by atoms with E-state index in [0.717, 1.165) is 35.7 Å². The third-order valence-electron chi connectivity index (χ3n) is 3.70. The van der Waals surface area contributed by atoms with Crippen molar-refractivity contribution in [3.8, 4) is 17.0 Å². The molecule has 0 aliphatic rings. The Hall–Kier alpha value is -1.81. The van der Waals surface area contributed by atoms with Gasteiger partial charge in [-0.05, 0) is 18.6 Å². The molecule has 1 atom stereocenters. The van der Waals surface area contributed by atoms with Gasteiger partial charge in [-0.15, -0.1) is 0 Å². The van der Waals surface area contributed by atoms with Crippen LogP contribution >= 0.6 is 0 Å². The lowest BCUT2D eigenvalue weighted by atomic mass is 10.1. The molecule has 4 heteroatoms. The molecule has 0 unspecified atom stereocenters. The van der Waals surface area contributed by atoms with Gasteiger partial charge in [0.1, 0.15) is 11.6 Å². The van der Waals surface area contributed by atoms with E-state index in [1.807, 2.05) is 30.5 Å². The lowest BCUT2D eigenvalue weighted by Gasteiger charge is -2.08. The van der Waals surface area contributed by atoms with Crippen molar-refractivity contribution >= 4 is 0 Å². The Morgan fingerprint density at radius 1 is 1.24 bits per heavy atom. The maximum Gasteiger partial charge on any atom is 0.128 e. The van der Waals surface area contributed by atoms with Gasteiger partial charge in [0.25, 0.3) is 0 Å². The van der Waals surface area contributed by atoms with Crippen molar-refractivity contribution in [2.45, 2.75) is 45.1 Å². The van der Waals surface area contributed by atoms with Crippen molar-refractivity contribution in [1.82, 2.24) is 9.97 Å². The SMILES string of the molecule is CCCCCC[C@H](N)c1nc(-c2ccccc2OC)c[nH]1. The second kappa shape index (κ2) is 7.84. The van der Waals surface area contributed by atoms with Crippen molar-refractivity contribution in [2.75, 3.05) is 7.11 Å². The number of imidazole rings is 1. The molecule has 0 radical (unpaired) electrons. The fourth-order valence-electron chi connectivity index (χ4n) is 2.45. The fourth-order valence-corrected chi connectivity index (χ4v) is 2.45. The van der Waals surface area contributed by atoms with Gasteiger partial charge >= 0.3 is 0 Å². The van der Waals surface area contributed by atoms with Gasteiger partial charge in [0.15, 0.2) is 0 Å². The minimum Gasteiger partial charge on any atom is -0.496 e. The molecule has 0 bridgehead atoms. The molecule has 3 N–H and O–H groups in total. The molecule has 0 fully saturated rings. The molecule has 2 rings (SSSR count). The van der Waals surface area contributed by atoms with Crippen molar-refractivity contribution < 1.29 is 4.74 Å². The predicted molar refractivity (Wildman–Crippen MR) is 86.3 cm³/mol. The molecular weight excluding hydrogens is 262 g/mol. The van der Waals surface area contributed by atoms with Crippen LogP contribution in [0.25, 0.3) is 11.3 Å². The van der Waals surface area contributed by atoms with Crippen LogP contribution in [-0.2, 0) is 0 Å². The molecule has 0 saturated heterocycles. The molecule has 4 nitrogen and oxygen atoms in total. The molecule has 114 valence electrons. The largest absolute Gasteiger partial charge is 0.496 e. The van der Waals surface area contributed by atoms with Crippen molar-refractivity contribution in [2.24, 2.45) is 5.73 Å². The van der Waals surface area contributed by atoms with Crippen LogP contribution < -0.4 is 10.5 Å². The highest BCUT2D eigenvalue weighted by molar-refractivity contribution is 5.66. The molecule has 21 heavy (non-hydrogen) atoms. The Balaban J connectivity index is 2.03. The number of nitrogens with two attached hydrogens (primary N) is 1. The van der Waals surface area contributed by atoms with E-state index in [0.29, 0.717) is 0 Å². The Labute approximate surface area is 126 Å². The smallest absolute Gasteiger partial charge is 0.128 e. The highest BCUT2D eigenvalue weighted by Gasteiger charge is 2.13. The number of H-pyrrole nitrogens is 1. The molecule has 0 aliphatic carbocycles. The molecule has 1 aromatic carbocycles. The van der Waals surface area contributed by atoms with Gasteiger partial charge in [-0.1, -0.05) is 44.7 Å². The van der Waals surface area contributed by atoms with E-state index in [4.69, 9.17) is 10.5 Å². The van der Waals surface area contributed by atoms with E-state index in [-0.39, 0.29) is 6.04 Å². The third-order valence-corrected chi connectivity index (χ3v) is 3.70. The van der Waals surface area contributed by atoms with Crippen LogP contribution in [0.1, 0.15) is 50.9 Å². The maximum absolute atomic E-state index is 6.21. The highest BCUT2D eigenvalue weighted by Crippen LogP contribution is 2.29. The Morgan fingerprint density at radius 3 is 2.81 bits per heavy atom. The van der Waals surface area contributed by atoms with Gasteiger partial charge in [-0.2, -0.15) is 0 Å². The summed E-state index contributed by atoms with van der Waals surface area (Å²) in [4.78, 5) is 7.83. The van der Waals surface area contributed by atoms with Gasteiger partial charge in [0, 0.05) is 11.8 Å². The summed E-state index contributed by atoms with van der Waals surface area (Å²) in [6.45, 7) is 2.21. The molecular formula is C17H25N3O. The van der Waals surface area contributed by atoms with E-state index in [1.54, 1.807) is 7.11 Å². The molecule has 1 aromatic heterocycles. The highest BCUT2D eigenvalue weighted by atomic mass is 16.5. The van der Waals surface area contributed by atoms with Crippen molar-refractivity contribution in [3.05, 3.63) is 36.3 Å². The van der Waals surface area contributed by atoms with Crippen LogP contribution in [0.3, 0.4) is 0 Å². The first-order valence-electron chi connectivity index (χ1n) is 7.70. The number of nitrogens with zero attached hydrogens (tertiary/aromatic N) is 1. The third kappa shape index (κ3) is 4.08. The van der Waals surface area contributed by atoms with Crippen LogP contribution in [0.15, 0.2) is 30.5 Å². The number of methoxy groups -OCH3 is 1. The number of hydrogen-bond donors (Lipinski definition) is 2. The summed E-state index contributed by atoms with van der Waals surface area (Å²) in [7, 11) is 1.67. The predicted octanol–water partition coefficient (Wildman–Crippen LogP) is 4.06. The minimum atomic E-state index is -0.0229. The molecule has 0 spiro atoms. The monoisotopic (exact) mass is 287 g/mol. The zero-order valence-electron chi connectivity index (χ0n) is 12.9.